The monoisotopic (exact) mass is 394 g/mol. The zero-order valence-electron chi connectivity index (χ0n) is 17.1. The molecule has 4 rings (SSSR count). The fourth-order valence-electron chi connectivity index (χ4n) is 4.02. The Morgan fingerprint density at radius 3 is 2.38 bits per heavy atom. The number of carbonyl (C=O) groups is 2. The van der Waals surface area contributed by atoms with Crippen LogP contribution >= 0.6 is 0 Å². The first-order valence-electron chi connectivity index (χ1n) is 10.7. The van der Waals surface area contributed by atoms with Gasteiger partial charge in [0.1, 0.15) is 0 Å². The molecule has 0 bridgehead atoms. The first-order chi connectivity index (χ1) is 14.1. The van der Waals surface area contributed by atoms with Crippen LogP contribution in [0.5, 0.6) is 0 Å². The molecule has 2 fully saturated rings. The molecule has 1 N–H and O–H groups in total. The topological polar surface area (TPSA) is 67.2 Å². The average Bonchev–Trinajstić information content (AvgIpc) is 3.44. The number of rotatable bonds is 7. The molecule has 154 valence electrons. The van der Waals surface area contributed by atoms with Gasteiger partial charge in [-0.3, -0.25) is 14.3 Å². The molecular formula is C23H30N4O2. The summed E-state index contributed by atoms with van der Waals surface area (Å²) in [6.07, 6.45) is 10.2. The van der Waals surface area contributed by atoms with Gasteiger partial charge >= 0.3 is 0 Å². The first kappa shape index (κ1) is 19.7. The minimum Gasteiger partial charge on any atom is -0.353 e. The molecule has 29 heavy (non-hydrogen) atoms. The van der Waals surface area contributed by atoms with Gasteiger partial charge in [0.2, 0.25) is 5.91 Å². The van der Waals surface area contributed by atoms with Crippen molar-refractivity contribution in [2.75, 3.05) is 13.1 Å². The highest BCUT2D eigenvalue weighted by Gasteiger charge is 2.25. The number of carbonyl (C=O) groups excluding carboxylic acids is 2. The van der Waals surface area contributed by atoms with Crippen LogP contribution in [0.3, 0.4) is 0 Å². The SMILES string of the molecule is Cn1cc(C(=O)N2CCC(Cc3ccc(CCC(=O)NC4CC4)cc3)CC2)cn1. The molecule has 0 unspecified atom stereocenters. The maximum absolute atomic E-state index is 12.5. The molecule has 0 atom stereocenters. The molecule has 2 heterocycles. The number of piperidine rings is 1. The zero-order chi connectivity index (χ0) is 20.2. The molecule has 6 heteroatoms. The minimum absolute atomic E-state index is 0.0895. The minimum atomic E-state index is 0.0895. The predicted octanol–water partition coefficient (Wildman–Crippen LogP) is 2.73. The molecule has 0 radical (unpaired) electrons. The van der Waals surface area contributed by atoms with Gasteiger partial charge in [-0.2, -0.15) is 5.10 Å². The van der Waals surface area contributed by atoms with E-state index >= 15 is 0 Å². The normalized spacial score (nSPS) is 17.3. The molecule has 1 saturated heterocycles. The van der Waals surface area contributed by atoms with Crippen molar-refractivity contribution in [1.29, 1.82) is 0 Å². The zero-order valence-corrected chi connectivity index (χ0v) is 17.1. The Hall–Kier alpha value is -2.63. The number of nitrogens with zero attached hydrogens (tertiary/aromatic N) is 3. The Bertz CT molecular complexity index is 846. The summed E-state index contributed by atoms with van der Waals surface area (Å²) in [4.78, 5) is 26.3. The lowest BCUT2D eigenvalue weighted by Gasteiger charge is -2.32. The van der Waals surface area contributed by atoms with Crippen molar-refractivity contribution in [2.45, 2.75) is 51.0 Å². The van der Waals surface area contributed by atoms with Crippen LogP contribution in [0.1, 0.15) is 53.6 Å². The summed E-state index contributed by atoms with van der Waals surface area (Å²) in [6, 6.07) is 9.14. The summed E-state index contributed by atoms with van der Waals surface area (Å²) in [5, 5.41) is 7.14. The van der Waals surface area contributed by atoms with E-state index in [1.807, 2.05) is 11.9 Å². The highest BCUT2D eigenvalue weighted by atomic mass is 16.2. The molecule has 2 aromatic rings. The van der Waals surface area contributed by atoms with E-state index in [1.54, 1.807) is 17.1 Å². The fourth-order valence-corrected chi connectivity index (χ4v) is 4.02. The standard InChI is InChI=1S/C23H30N4O2/c1-26-16-20(15-24-26)23(29)27-12-10-19(11-13-27)14-18-4-2-17(3-5-18)6-9-22(28)25-21-7-8-21/h2-5,15-16,19,21H,6-14H2,1H3,(H,25,28). The third-order valence-electron chi connectivity index (χ3n) is 5.98. The number of benzene rings is 1. The van der Waals surface area contributed by atoms with E-state index in [1.165, 1.54) is 11.1 Å². The van der Waals surface area contributed by atoms with Crippen LogP contribution in [0.2, 0.25) is 0 Å². The van der Waals surface area contributed by atoms with Crippen LogP contribution in [0.15, 0.2) is 36.7 Å². The average molecular weight is 395 g/mol. The van der Waals surface area contributed by atoms with Crippen molar-refractivity contribution >= 4 is 11.8 Å². The number of likely N-dealkylation sites (tertiary alicyclic amines) is 1. The summed E-state index contributed by atoms with van der Waals surface area (Å²) in [5.41, 5.74) is 3.23. The van der Waals surface area contributed by atoms with E-state index in [0.717, 1.165) is 51.6 Å². The van der Waals surface area contributed by atoms with Crippen molar-refractivity contribution in [1.82, 2.24) is 20.0 Å². The lowest BCUT2D eigenvalue weighted by atomic mass is 9.89. The number of aromatic nitrogens is 2. The number of amides is 2. The third kappa shape index (κ3) is 5.46. The Balaban J connectivity index is 1.21. The van der Waals surface area contributed by atoms with Gasteiger partial charge in [0.05, 0.1) is 11.8 Å². The van der Waals surface area contributed by atoms with Crippen LogP contribution in [0, 0.1) is 5.92 Å². The van der Waals surface area contributed by atoms with Gasteiger partial charge in [-0.05, 0) is 55.6 Å². The molecule has 6 nitrogen and oxygen atoms in total. The summed E-state index contributed by atoms with van der Waals surface area (Å²) in [5.74, 6) is 0.874. The Kier molecular flexibility index (Phi) is 5.97. The van der Waals surface area contributed by atoms with Gasteiger partial charge in [-0.1, -0.05) is 24.3 Å². The quantitative estimate of drug-likeness (QED) is 0.785. The molecule has 1 saturated carbocycles. The summed E-state index contributed by atoms with van der Waals surface area (Å²) in [6.45, 7) is 1.62. The maximum Gasteiger partial charge on any atom is 0.257 e. The second kappa shape index (κ2) is 8.80. The van der Waals surface area contributed by atoms with E-state index in [9.17, 15) is 9.59 Å². The second-order valence-corrected chi connectivity index (χ2v) is 8.50. The van der Waals surface area contributed by atoms with Gasteiger partial charge in [0.25, 0.3) is 5.91 Å². The molecule has 0 spiro atoms. The van der Waals surface area contributed by atoms with E-state index in [4.69, 9.17) is 0 Å². The lowest BCUT2D eigenvalue weighted by molar-refractivity contribution is -0.121. The van der Waals surface area contributed by atoms with Crippen LogP contribution in [0.25, 0.3) is 0 Å². The maximum atomic E-state index is 12.5. The number of nitrogens with one attached hydrogen (secondary N) is 1. The highest BCUT2D eigenvalue weighted by Crippen LogP contribution is 2.23. The van der Waals surface area contributed by atoms with E-state index in [0.29, 0.717) is 23.9 Å². The lowest BCUT2D eigenvalue weighted by Crippen LogP contribution is -2.38. The Morgan fingerprint density at radius 2 is 1.76 bits per heavy atom. The van der Waals surface area contributed by atoms with Crippen molar-refractivity contribution < 1.29 is 9.59 Å². The molecule has 1 aliphatic heterocycles. The molecule has 2 amide bonds. The molecule has 2 aliphatic rings. The van der Waals surface area contributed by atoms with Crippen molar-refractivity contribution in [2.24, 2.45) is 13.0 Å². The van der Waals surface area contributed by atoms with E-state index in [-0.39, 0.29) is 11.8 Å². The van der Waals surface area contributed by atoms with Crippen molar-refractivity contribution in [3.63, 3.8) is 0 Å². The van der Waals surface area contributed by atoms with Crippen LogP contribution in [0.4, 0.5) is 0 Å². The highest BCUT2D eigenvalue weighted by molar-refractivity contribution is 5.93. The van der Waals surface area contributed by atoms with E-state index in [2.05, 4.69) is 34.7 Å². The number of hydrogen-bond acceptors (Lipinski definition) is 3. The third-order valence-corrected chi connectivity index (χ3v) is 5.98. The number of aryl methyl sites for hydroxylation is 2. The Labute approximate surface area is 172 Å². The fraction of sp³-hybridized carbons (Fsp3) is 0.522. The van der Waals surface area contributed by atoms with Gasteiger partial charge in [-0.15, -0.1) is 0 Å². The predicted molar refractivity (Wildman–Crippen MR) is 111 cm³/mol. The Morgan fingerprint density at radius 1 is 1.07 bits per heavy atom. The van der Waals surface area contributed by atoms with Crippen LogP contribution in [-0.2, 0) is 24.7 Å². The smallest absolute Gasteiger partial charge is 0.257 e. The molecular weight excluding hydrogens is 364 g/mol. The van der Waals surface area contributed by atoms with Crippen LogP contribution < -0.4 is 5.32 Å². The van der Waals surface area contributed by atoms with Crippen molar-refractivity contribution in [3.05, 3.63) is 53.3 Å². The van der Waals surface area contributed by atoms with Gasteiger partial charge < -0.3 is 10.2 Å². The van der Waals surface area contributed by atoms with Gasteiger partial charge in [0.15, 0.2) is 0 Å². The largest absolute Gasteiger partial charge is 0.353 e. The van der Waals surface area contributed by atoms with E-state index < -0.39 is 0 Å². The van der Waals surface area contributed by atoms with Crippen LogP contribution in [-0.4, -0.2) is 45.6 Å². The first-order valence-corrected chi connectivity index (χ1v) is 10.7. The van der Waals surface area contributed by atoms with Crippen molar-refractivity contribution in [3.8, 4) is 0 Å². The molecule has 1 aliphatic carbocycles. The van der Waals surface area contributed by atoms with Gasteiger partial charge in [0, 0.05) is 38.8 Å². The number of hydrogen-bond donors (Lipinski definition) is 1. The summed E-state index contributed by atoms with van der Waals surface area (Å²) < 4.78 is 1.67. The molecule has 1 aromatic carbocycles. The summed E-state index contributed by atoms with van der Waals surface area (Å²) in [7, 11) is 1.83. The van der Waals surface area contributed by atoms with Gasteiger partial charge in [-0.25, -0.2) is 0 Å². The second-order valence-electron chi connectivity index (χ2n) is 8.50. The summed E-state index contributed by atoms with van der Waals surface area (Å²) >= 11 is 0. The molecule has 1 aromatic heterocycles.